The van der Waals surface area contributed by atoms with Crippen LogP contribution in [0.2, 0.25) is 0 Å². The largest absolute Gasteiger partial charge is 0.388 e. The molecule has 2 rings (SSSR count). The Kier molecular flexibility index (Phi) is 3.99. The minimum absolute atomic E-state index is 0.129. The number of thiocarbonyl (C=S) groups is 1. The molecule has 4 N–H and O–H groups in total. The number of anilines is 1. The average molecular weight is 278 g/mol. The quantitative estimate of drug-likeness (QED) is 0.799. The van der Waals surface area contributed by atoms with Crippen molar-refractivity contribution in [1.29, 1.82) is 0 Å². The van der Waals surface area contributed by atoms with Gasteiger partial charge in [-0.1, -0.05) is 12.2 Å². The van der Waals surface area contributed by atoms with Gasteiger partial charge in [0.2, 0.25) is 5.91 Å². The summed E-state index contributed by atoms with van der Waals surface area (Å²) < 4.78 is 0. The SMILES string of the molecule is CC1CCC(C(N)=O)CN1c1cccnc1C(N)=S. The van der Waals surface area contributed by atoms with E-state index in [-0.39, 0.29) is 16.8 Å². The zero-order valence-corrected chi connectivity index (χ0v) is 11.7. The van der Waals surface area contributed by atoms with Crippen LogP contribution in [0.3, 0.4) is 0 Å². The van der Waals surface area contributed by atoms with Gasteiger partial charge in [0.1, 0.15) is 10.7 Å². The highest BCUT2D eigenvalue weighted by Gasteiger charge is 2.30. The summed E-state index contributed by atoms with van der Waals surface area (Å²) in [5.74, 6) is -0.381. The molecule has 2 unspecified atom stereocenters. The number of amides is 1. The predicted molar refractivity (Wildman–Crippen MR) is 78.9 cm³/mol. The lowest BCUT2D eigenvalue weighted by atomic mass is 9.92. The number of hydrogen-bond donors (Lipinski definition) is 2. The van der Waals surface area contributed by atoms with E-state index >= 15 is 0 Å². The molecular weight excluding hydrogens is 260 g/mol. The van der Waals surface area contributed by atoms with E-state index in [4.69, 9.17) is 23.7 Å². The van der Waals surface area contributed by atoms with Crippen molar-refractivity contribution in [3.05, 3.63) is 24.0 Å². The highest BCUT2D eigenvalue weighted by molar-refractivity contribution is 7.80. The van der Waals surface area contributed by atoms with Gasteiger partial charge in [0.25, 0.3) is 0 Å². The molecule has 1 amide bonds. The average Bonchev–Trinajstić information content (AvgIpc) is 2.39. The Balaban J connectivity index is 2.33. The predicted octanol–water partition coefficient (Wildman–Crippen LogP) is 0.806. The molecule has 0 radical (unpaired) electrons. The monoisotopic (exact) mass is 278 g/mol. The van der Waals surface area contributed by atoms with Crippen LogP contribution in [-0.4, -0.2) is 28.5 Å². The summed E-state index contributed by atoms with van der Waals surface area (Å²) in [5.41, 5.74) is 12.6. The number of aromatic nitrogens is 1. The molecule has 0 aromatic carbocycles. The first-order chi connectivity index (χ1) is 9.00. The Hall–Kier alpha value is -1.69. The number of nitrogens with two attached hydrogens (primary N) is 2. The molecule has 0 aliphatic carbocycles. The molecule has 1 aromatic rings. The van der Waals surface area contributed by atoms with Gasteiger partial charge in [-0.15, -0.1) is 0 Å². The van der Waals surface area contributed by atoms with Gasteiger partial charge < -0.3 is 16.4 Å². The van der Waals surface area contributed by atoms with Crippen LogP contribution < -0.4 is 16.4 Å². The summed E-state index contributed by atoms with van der Waals surface area (Å²) in [6.45, 7) is 2.71. The Bertz CT molecular complexity index is 505. The second-order valence-electron chi connectivity index (χ2n) is 4.91. The van der Waals surface area contributed by atoms with Gasteiger partial charge in [-0.05, 0) is 31.9 Å². The molecule has 2 heterocycles. The molecule has 1 aliphatic heterocycles. The Morgan fingerprint density at radius 3 is 2.84 bits per heavy atom. The Morgan fingerprint density at radius 2 is 2.21 bits per heavy atom. The second-order valence-corrected chi connectivity index (χ2v) is 5.35. The van der Waals surface area contributed by atoms with Crippen LogP contribution in [0.1, 0.15) is 25.5 Å². The van der Waals surface area contributed by atoms with Crippen LogP contribution in [0.4, 0.5) is 5.69 Å². The van der Waals surface area contributed by atoms with Gasteiger partial charge in [-0.3, -0.25) is 9.78 Å². The van der Waals surface area contributed by atoms with Crippen LogP contribution in [-0.2, 0) is 4.79 Å². The molecule has 2 atom stereocenters. The Morgan fingerprint density at radius 1 is 1.47 bits per heavy atom. The number of carbonyl (C=O) groups is 1. The minimum Gasteiger partial charge on any atom is -0.388 e. The highest BCUT2D eigenvalue weighted by Crippen LogP contribution is 2.29. The van der Waals surface area contributed by atoms with Crippen molar-refractivity contribution in [2.24, 2.45) is 17.4 Å². The summed E-state index contributed by atoms with van der Waals surface area (Å²) in [7, 11) is 0. The molecule has 5 nitrogen and oxygen atoms in total. The van der Waals surface area contributed by atoms with E-state index in [0.29, 0.717) is 18.3 Å². The summed E-state index contributed by atoms with van der Waals surface area (Å²) in [4.78, 5) is 18.0. The third kappa shape index (κ3) is 2.84. The molecule has 0 bridgehead atoms. The maximum absolute atomic E-state index is 11.4. The minimum atomic E-state index is -0.252. The fraction of sp³-hybridized carbons (Fsp3) is 0.462. The lowest BCUT2D eigenvalue weighted by molar-refractivity contribution is -0.122. The maximum Gasteiger partial charge on any atom is 0.222 e. The van der Waals surface area contributed by atoms with E-state index in [0.717, 1.165) is 18.5 Å². The van der Waals surface area contributed by atoms with Crippen molar-refractivity contribution in [3.63, 3.8) is 0 Å². The van der Waals surface area contributed by atoms with Crippen LogP contribution >= 0.6 is 12.2 Å². The van der Waals surface area contributed by atoms with E-state index in [1.54, 1.807) is 6.20 Å². The molecule has 1 fully saturated rings. The number of pyridine rings is 1. The Labute approximate surface area is 118 Å². The number of hydrogen-bond acceptors (Lipinski definition) is 4. The van der Waals surface area contributed by atoms with E-state index in [2.05, 4.69) is 16.8 Å². The molecule has 1 aromatic heterocycles. The summed E-state index contributed by atoms with van der Waals surface area (Å²) in [6, 6.07) is 4.09. The zero-order valence-electron chi connectivity index (χ0n) is 10.9. The van der Waals surface area contributed by atoms with E-state index in [1.165, 1.54) is 0 Å². The highest BCUT2D eigenvalue weighted by atomic mass is 32.1. The zero-order chi connectivity index (χ0) is 14.0. The normalized spacial score (nSPS) is 23.1. The lowest BCUT2D eigenvalue weighted by Gasteiger charge is -2.39. The van der Waals surface area contributed by atoms with Gasteiger partial charge in [-0.2, -0.15) is 0 Å². The molecule has 1 saturated heterocycles. The number of nitrogens with zero attached hydrogens (tertiary/aromatic N) is 2. The summed E-state index contributed by atoms with van der Waals surface area (Å²) in [6.07, 6.45) is 3.41. The standard InChI is InChI=1S/C13H18N4OS/c1-8-4-5-9(12(14)18)7-17(8)10-3-2-6-16-11(10)13(15)19/h2-3,6,8-9H,4-5,7H2,1H3,(H2,14,18)(H2,15,19). The first-order valence-corrected chi connectivity index (χ1v) is 6.72. The van der Waals surface area contributed by atoms with E-state index in [1.807, 2.05) is 12.1 Å². The van der Waals surface area contributed by atoms with Gasteiger partial charge in [0, 0.05) is 18.8 Å². The van der Waals surface area contributed by atoms with E-state index in [9.17, 15) is 4.79 Å². The first kappa shape index (κ1) is 13.7. The van der Waals surface area contributed by atoms with Crippen molar-refractivity contribution in [2.45, 2.75) is 25.8 Å². The van der Waals surface area contributed by atoms with Crippen molar-refractivity contribution in [2.75, 3.05) is 11.4 Å². The first-order valence-electron chi connectivity index (χ1n) is 6.31. The smallest absolute Gasteiger partial charge is 0.222 e. The van der Waals surface area contributed by atoms with Crippen molar-refractivity contribution < 1.29 is 4.79 Å². The van der Waals surface area contributed by atoms with Crippen molar-refractivity contribution in [3.8, 4) is 0 Å². The molecule has 1 aliphatic rings. The molecule has 0 saturated carbocycles. The molecule has 102 valence electrons. The fourth-order valence-electron chi connectivity index (χ4n) is 2.49. The third-order valence-electron chi connectivity index (χ3n) is 3.61. The van der Waals surface area contributed by atoms with Crippen LogP contribution in [0.5, 0.6) is 0 Å². The van der Waals surface area contributed by atoms with Crippen molar-refractivity contribution >= 4 is 28.8 Å². The van der Waals surface area contributed by atoms with Gasteiger partial charge in [0.15, 0.2) is 0 Å². The molecule has 0 spiro atoms. The number of rotatable bonds is 3. The van der Waals surface area contributed by atoms with Gasteiger partial charge in [0.05, 0.1) is 11.6 Å². The molecular formula is C13H18N4OS. The third-order valence-corrected chi connectivity index (χ3v) is 3.81. The van der Waals surface area contributed by atoms with Gasteiger partial charge >= 0.3 is 0 Å². The van der Waals surface area contributed by atoms with E-state index < -0.39 is 0 Å². The fourth-order valence-corrected chi connectivity index (χ4v) is 2.65. The van der Waals surface area contributed by atoms with Crippen LogP contribution in [0.15, 0.2) is 18.3 Å². The lowest BCUT2D eigenvalue weighted by Crippen LogP contribution is -2.46. The number of piperidine rings is 1. The van der Waals surface area contributed by atoms with Crippen LogP contribution in [0, 0.1) is 5.92 Å². The number of carbonyl (C=O) groups excluding carboxylic acids is 1. The molecule has 6 heteroatoms. The summed E-state index contributed by atoms with van der Waals surface area (Å²) >= 11 is 5.04. The number of primary amides is 1. The molecule has 19 heavy (non-hydrogen) atoms. The maximum atomic E-state index is 11.4. The second kappa shape index (κ2) is 5.52. The van der Waals surface area contributed by atoms with Gasteiger partial charge in [-0.25, -0.2) is 0 Å². The summed E-state index contributed by atoms with van der Waals surface area (Å²) in [5, 5.41) is 0. The topological polar surface area (TPSA) is 85.2 Å². The van der Waals surface area contributed by atoms with Crippen LogP contribution in [0.25, 0.3) is 0 Å². The van der Waals surface area contributed by atoms with Crippen molar-refractivity contribution in [1.82, 2.24) is 4.98 Å².